The SMILES string of the molecule is CN=C(NCCc1ccc(F)cc1)N1CCN(C(=O)c2ccco2)CC1.I. The molecule has 0 bridgehead atoms. The lowest BCUT2D eigenvalue weighted by Gasteiger charge is -2.36. The first-order valence-electron chi connectivity index (χ1n) is 8.70. The first-order valence-corrected chi connectivity index (χ1v) is 8.70. The lowest BCUT2D eigenvalue weighted by atomic mass is 10.1. The Kier molecular flexibility index (Phi) is 8.08. The molecule has 0 atom stereocenters. The molecule has 3 rings (SSSR count). The van der Waals surface area contributed by atoms with Crippen LogP contribution in [0.25, 0.3) is 0 Å². The molecule has 1 aromatic carbocycles. The molecule has 0 unspecified atom stereocenters. The molecule has 0 saturated carbocycles. The second kappa shape index (κ2) is 10.3. The monoisotopic (exact) mass is 486 g/mol. The number of nitrogens with one attached hydrogen (secondary N) is 1. The third-order valence-corrected chi connectivity index (χ3v) is 4.42. The van der Waals surface area contributed by atoms with E-state index in [-0.39, 0.29) is 35.7 Å². The highest BCUT2D eigenvalue weighted by molar-refractivity contribution is 14.0. The fourth-order valence-corrected chi connectivity index (χ4v) is 2.98. The number of halogens is 2. The van der Waals surface area contributed by atoms with E-state index in [0.29, 0.717) is 38.5 Å². The molecular weight excluding hydrogens is 462 g/mol. The summed E-state index contributed by atoms with van der Waals surface area (Å²) in [4.78, 5) is 20.6. The number of rotatable bonds is 4. The van der Waals surface area contributed by atoms with Crippen molar-refractivity contribution in [1.29, 1.82) is 0 Å². The molecule has 1 aliphatic heterocycles. The van der Waals surface area contributed by atoms with Crippen LogP contribution in [-0.4, -0.2) is 61.4 Å². The van der Waals surface area contributed by atoms with Crippen molar-refractivity contribution in [3.63, 3.8) is 0 Å². The minimum absolute atomic E-state index is 0. The second-order valence-corrected chi connectivity index (χ2v) is 6.11. The van der Waals surface area contributed by atoms with Crippen LogP contribution in [0.4, 0.5) is 4.39 Å². The zero-order chi connectivity index (χ0) is 18.4. The first-order chi connectivity index (χ1) is 12.7. The molecule has 0 aliphatic carbocycles. The average Bonchev–Trinajstić information content (AvgIpc) is 3.21. The fraction of sp³-hybridized carbons (Fsp3) is 0.368. The summed E-state index contributed by atoms with van der Waals surface area (Å²) in [5.41, 5.74) is 1.07. The zero-order valence-electron chi connectivity index (χ0n) is 15.2. The van der Waals surface area contributed by atoms with Gasteiger partial charge in [0.15, 0.2) is 11.7 Å². The summed E-state index contributed by atoms with van der Waals surface area (Å²) in [5, 5.41) is 3.33. The van der Waals surface area contributed by atoms with E-state index in [4.69, 9.17) is 4.42 Å². The number of hydrogen-bond donors (Lipinski definition) is 1. The van der Waals surface area contributed by atoms with Gasteiger partial charge in [-0.25, -0.2) is 4.39 Å². The van der Waals surface area contributed by atoms with Crippen LogP contribution in [0.3, 0.4) is 0 Å². The third kappa shape index (κ3) is 5.69. The van der Waals surface area contributed by atoms with E-state index >= 15 is 0 Å². The lowest BCUT2D eigenvalue weighted by molar-refractivity contribution is 0.0658. The van der Waals surface area contributed by atoms with Gasteiger partial charge in [-0.1, -0.05) is 12.1 Å². The smallest absolute Gasteiger partial charge is 0.289 e. The number of carbonyl (C=O) groups is 1. The maximum atomic E-state index is 12.9. The number of nitrogens with zero attached hydrogens (tertiary/aromatic N) is 3. The predicted octanol–water partition coefficient (Wildman–Crippen LogP) is 2.61. The van der Waals surface area contributed by atoms with Gasteiger partial charge in [0.2, 0.25) is 0 Å². The van der Waals surface area contributed by atoms with Crippen molar-refractivity contribution in [3.8, 4) is 0 Å². The number of benzene rings is 1. The van der Waals surface area contributed by atoms with Crippen LogP contribution >= 0.6 is 24.0 Å². The molecule has 1 aromatic heterocycles. The molecule has 1 fully saturated rings. The van der Waals surface area contributed by atoms with Crippen LogP contribution in [-0.2, 0) is 6.42 Å². The summed E-state index contributed by atoms with van der Waals surface area (Å²) >= 11 is 0. The molecule has 146 valence electrons. The Balaban J connectivity index is 0.00000261. The highest BCUT2D eigenvalue weighted by atomic mass is 127. The molecule has 2 heterocycles. The Morgan fingerprint density at radius 2 is 1.81 bits per heavy atom. The number of amides is 1. The van der Waals surface area contributed by atoms with E-state index in [1.54, 1.807) is 36.2 Å². The summed E-state index contributed by atoms with van der Waals surface area (Å²) in [5.74, 6) is 0.894. The molecule has 1 N–H and O–H groups in total. The molecule has 6 nitrogen and oxygen atoms in total. The molecule has 1 aliphatic rings. The maximum Gasteiger partial charge on any atom is 0.289 e. The summed E-state index contributed by atoms with van der Waals surface area (Å²) in [6.07, 6.45) is 2.30. The van der Waals surface area contributed by atoms with Gasteiger partial charge < -0.3 is 19.5 Å². The van der Waals surface area contributed by atoms with Gasteiger partial charge in [0.05, 0.1) is 6.26 Å². The normalized spacial score (nSPS) is 14.7. The van der Waals surface area contributed by atoms with E-state index in [2.05, 4.69) is 15.2 Å². The Labute approximate surface area is 175 Å². The van der Waals surface area contributed by atoms with Crippen LogP contribution in [0, 0.1) is 5.82 Å². The van der Waals surface area contributed by atoms with Crippen molar-refractivity contribution in [2.45, 2.75) is 6.42 Å². The Bertz CT molecular complexity index is 742. The Hall–Kier alpha value is -2.10. The van der Waals surface area contributed by atoms with Crippen LogP contribution < -0.4 is 5.32 Å². The minimum atomic E-state index is -0.223. The van der Waals surface area contributed by atoms with Crippen molar-refractivity contribution in [3.05, 3.63) is 59.8 Å². The minimum Gasteiger partial charge on any atom is -0.459 e. The van der Waals surface area contributed by atoms with Gasteiger partial charge in [0.25, 0.3) is 5.91 Å². The summed E-state index contributed by atoms with van der Waals surface area (Å²) in [6, 6.07) is 9.93. The predicted molar refractivity (Wildman–Crippen MR) is 113 cm³/mol. The number of piperazine rings is 1. The fourth-order valence-electron chi connectivity index (χ4n) is 2.98. The highest BCUT2D eigenvalue weighted by Gasteiger charge is 2.24. The summed E-state index contributed by atoms with van der Waals surface area (Å²) in [7, 11) is 1.75. The van der Waals surface area contributed by atoms with E-state index < -0.39 is 0 Å². The summed E-state index contributed by atoms with van der Waals surface area (Å²) in [6.45, 7) is 3.38. The number of aliphatic imine (C=N–C) groups is 1. The Morgan fingerprint density at radius 3 is 2.41 bits per heavy atom. The van der Waals surface area contributed by atoms with E-state index in [0.717, 1.165) is 17.9 Å². The number of hydrogen-bond acceptors (Lipinski definition) is 3. The van der Waals surface area contributed by atoms with Crippen molar-refractivity contribution >= 4 is 35.8 Å². The van der Waals surface area contributed by atoms with Gasteiger partial charge >= 0.3 is 0 Å². The van der Waals surface area contributed by atoms with Gasteiger partial charge in [-0.2, -0.15) is 0 Å². The highest BCUT2D eigenvalue weighted by Crippen LogP contribution is 2.09. The second-order valence-electron chi connectivity index (χ2n) is 6.11. The molecule has 1 amide bonds. The maximum absolute atomic E-state index is 12.9. The van der Waals surface area contributed by atoms with Crippen LogP contribution in [0.1, 0.15) is 16.1 Å². The van der Waals surface area contributed by atoms with Crippen molar-refractivity contribution < 1.29 is 13.6 Å². The van der Waals surface area contributed by atoms with Crippen LogP contribution in [0.15, 0.2) is 52.1 Å². The molecule has 8 heteroatoms. The van der Waals surface area contributed by atoms with E-state index in [1.807, 2.05) is 0 Å². The average molecular weight is 486 g/mol. The number of furan rings is 1. The van der Waals surface area contributed by atoms with Crippen molar-refractivity contribution in [2.24, 2.45) is 4.99 Å². The van der Waals surface area contributed by atoms with Crippen molar-refractivity contribution in [2.75, 3.05) is 39.8 Å². The van der Waals surface area contributed by atoms with E-state index in [9.17, 15) is 9.18 Å². The van der Waals surface area contributed by atoms with Gasteiger partial charge in [0, 0.05) is 39.8 Å². The molecular formula is C19H24FIN4O2. The molecule has 27 heavy (non-hydrogen) atoms. The van der Waals surface area contributed by atoms with Gasteiger partial charge in [-0.15, -0.1) is 24.0 Å². The molecule has 2 aromatic rings. The molecule has 1 saturated heterocycles. The lowest BCUT2D eigenvalue weighted by Crippen LogP contribution is -2.53. The van der Waals surface area contributed by atoms with Gasteiger partial charge in [-0.05, 0) is 36.2 Å². The zero-order valence-corrected chi connectivity index (χ0v) is 17.6. The standard InChI is InChI=1S/C19H23FN4O2.HI/c1-21-19(22-9-8-15-4-6-16(20)7-5-15)24-12-10-23(11-13-24)18(25)17-3-2-14-26-17;/h2-7,14H,8-13H2,1H3,(H,21,22);1H. The van der Waals surface area contributed by atoms with Crippen molar-refractivity contribution in [1.82, 2.24) is 15.1 Å². The van der Waals surface area contributed by atoms with Crippen LogP contribution in [0.5, 0.6) is 0 Å². The van der Waals surface area contributed by atoms with Gasteiger partial charge in [-0.3, -0.25) is 9.79 Å². The van der Waals surface area contributed by atoms with Gasteiger partial charge in [0.1, 0.15) is 5.82 Å². The Morgan fingerprint density at radius 1 is 1.15 bits per heavy atom. The third-order valence-electron chi connectivity index (χ3n) is 4.42. The first kappa shape index (κ1) is 21.2. The quantitative estimate of drug-likeness (QED) is 0.410. The topological polar surface area (TPSA) is 61.1 Å². The van der Waals surface area contributed by atoms with Crippen LogP contribution in [0.2, 0.25) is 0 Å². The molecule has 0 spiro atoms. The number of carbonyl (C=O) groups excluding carboxylic acids is 1. The molecule has 0 radical (unpaired) electrons. The number of guanidine groups is 1. The largest absolute Gasteiger partial charge is 0.459 e. The van der Waals surface area contributed by atoms with E-state index in [1.165, 1.54) is 18.4 Å². The summed E-state index contributed by atoms with van der Waals surface area (Å²) < 4.78 is 18.1.